The van der Waals surface area contributed by atoms with Crippen LogP contribution in [0.25, 0.3) is 0 Å². The molecule has 2 rings (SSSR count). The van der Waals surface area contributed by atoms with Crippen molar-refractivity contribution in [2.45, 2.75) is 44.7 Å². The van der Waals surface area contributed by atoms with Crippen LogP contribution in [-0.2, 0) is 0 Å². The van der Waals surface area contributed by atoms with Crippen LogP contribution in [0, 0.1) is 6.54 Å². The van der Waals surface area contributed by atoms with E-state index in [1.807, 2.05) is 0 Å². The zero-order valence-electron chi connectivity index (χ0n) is 6.01. The zero-order chi connectivity index (χ0) is 6.27. The van der Waals surface area contributed by atoms with Gasteiger partial charge in [-0.2, -0.15) is 0 Å². The number of rotatable bonds is 1. The summed E-state index contributed by atoms with van der Waals surface area (Å²) in [5.74, 6) is 0. The van der Waals surface area contributed by atoms with Gasteiger partial charge in [-0.05, 0) is 32.6 Å². The molecule has 2 saturated heterocycles. The summed E-state index contributed by atoms with van der Waals surface area (Å²) in [5, 5.41) is 0. The topological polar surface area (TPSA) is 3.24 Å². The number of fused-ring (bicyclic) bond motifs is 2. The van der Waals surface area contributed by atoms with E-state index in [9.17, 15) is 0 Å². The van der Waals surface area contributed by atoms with Crippen LogP contribution in [0.3, 0.4) is 0 Å². The van der Waals surface area contributed by atoms with Gasteiger partial charge in [0.1, 0.15) is 0 Å². The lowest BCUT2D eigenvalue weighted by Crippen LogP contribution is -2.23. The van der Waals surface area contributed by atoms with Crippen LogP contribution < -0.4 is 0 Å². The highest BCUT2D eigenvalue weighted by Gasteiger charge is 2.37. The normalized spacial score (nSPS) is 42.3. The first kappa shape index (κ1) is 5.72. The maximum atomic E-state index is 2.56. The molecule has 2 aliphatic rings. The van der Waals surface area contributed by atoms with Crippen LogP contribution in [-0.4, -0.2) is 17.0 Å². The van der Waals surface area contributed by atoms with Crippen LogP contribution in [0.2, 0.25) is 0 Å². The van der Waals surface area contributed by atoms with Crippen molar-refractivity contribution in [1.82, 2.24) is 4.90 Å². The predicted octanol–water partition coefficient (Wildman–Crippen LogP) is 1.79. The molecule has 0 amide bonds. The highest BCUT2D eigenvalue weighted by Crippen LogP contribution is 2.37. The van der Waals surface area contributed by atoms with Crippen molar-refractivity contribution < 1.29 is 0 Å². The van der Waals surface area contributed by atoms with Crippen molar-refractivity contribution in [3.63, 3.8) is 0 Å². The largest absolute Gasteiger partial charge is 0.293 e. The standard InChI is InChI=1S/C8H14N/c1-2-9-7-3-4-8(9)6-5-7/h2,7-8H,3-6H2,1H3. The second-order valence-electron chi connectivity index (χ2n) is 3.17. The molecule has 2 aliphatic heterocycles. The molecule has 0 aromatic heterocycles. The molecule has 9 heavy (non-hydrogen) atoms. The van der Waals surface area contributed by atoms with E-state index in [4.69, 9.17) is 0 Å². The van der Waals surface area contributed by atoms with Crippen molar-refractivity contribution in [1.29, 1.82) is 0 Å². The van der Waals surface area contributed by atoms with Crippen LogP contribution in [0.5, 0.6) is 0 Å². The molecular weight excluding hydrogens is 110 g/mol. The smallest absolute Gasteiger partial charge is 0.0226 e. The van der Waals surface area contributed by atoms with Crippen molar-refractivity contribution >= 4 is 0 Å². The third-order valence-electron chi connectivity index (χ3n) is 2.81. The van der Waals surface area contributed by atoms with Gasteiger partial charge in [0.05, 0.1) is 0 Å². The highest BCUT2D eigenvalue weighted by molar-refractivity contribution is 4.96. The second kappa shape index (κ2) is 1.98. The molecule has 0 atom stereocenters. The summed E-state index contributed by atoms with van der Waals surface area (Å²) >= 11 is 0. The van der Waals surface area contributed by atoms with Crippen LogP contribution >= 0.6 is 0 Å². The molecule has 1 nitrogen and oxygen atoms in total. The van der Waals surface area contributed by atoms with Gasteiger partial charge >= 0.3 is 0 Å². The lowest BCUT2D eigenvalue weighted by molar-refractivity contribution is 0.317. The van der Waals surface area contributed by atoms with E-state index in [2.05, 4.69) is 18.4 Å². The van der Waals surface area contributed by atoms with Crippen LogP contribution in [0.15, 0.2) is 0 Å². The first-order chi connectivity index (χ1) is 4.42. The molecule has 0 aromatic carbocycles. The fourth-order valence-electron chi connectivity index (χ4n) is 2.37. The van der Waals surface area contributed by atoms with Crippen molar-refractivity contribution in [3.05, 3.63) is 6.54 Å². The molecule has 51 valence electrons. The fourth-order valence-corrected chi connectivity index (χ4v) is 2.37. The first-order valence-corrected chi connectivity index (χ1v) is 3.98. The number of nitrogens with zero attached hydrogens (tertiary/aromatic N) is 1. The Labute approximate surface area is 57.0 Å². The van der Waals surface area contributed by atoms with Gasteiger partial charge in [0.2, 0.25) is 0 Å². The Balaban J connectivity index is 2.08. The minimum Gasteiger partial charge on any atom is -0.293 e. The summed E-state index contributed by atoms with van der Waals surface area (Å²) in [6.07, 6.45) is 5.81. The fraction of sp³-hybridized carbons (Fsp3) is 0.875. The average molecular weight is 124 g/mol. The Kier molecular flexibility index (Phi) is 1.26. The SMILES string of the molecule is C[CH]N1C2CCC1CC2. The highest BCUT2D eigenvalue weighted by atomic mass is 15.2. The van der Waals surface area contributed by atoms with E-state index in [-0.39, 0.29) is 0 Å². The predicted molar refractivity (Wildman–Crippen MR) is 37.9 cm³/mol. The van der Waals surface area contributed by atoms with Gasteiger partial charge in [-0.3, -0.25) is 4.90 Å². The molecule has 2 heterocycles. The molecule has 0 unspecified atom stereocenters. The average Bonchev–Trinajstić information content (AvgIpc) is 2.44. The van der Waals surface area contributed by atoms with Crippen molar-refractivity contribution in [2.75, 3.05) is 0 Å². The number of hydrogen-bond donors (Lipinski definition) is 0. The molecule has 0 spiro atoms. The van der Waals surface area contributed by atoms with Gasteiger partial charge in [0.25, 0.3) is 0 Å². The molecule has 2 fully saturated rings. The second-order valence-corrected chi connectivity index (χ2v) is 3.17. The third kappa shape index (κ3) is 0.710. The Bertz CT molecular complexity index is 91.1. The van der Waals surface area contributed by atoms with Gasteiger partial charge in [-0.25, -0.2) is 0 Å². The summed E-state index contributed by atoms with van der Waals surface area (Å²) in [4.78, 5) is 2.56. The van der Waals surface area contributed by atoms with E-state index >= 15 is 0 Å². The monoisotopic (exact) mass is 124 g/mol. The van der Waals surface area contributed by atoms with Gasteiger partial charge in [0, 0.05) is 18.6 Å². The van der Waals surface area contributed by atoms with Gasteiger partial charge < -0.3 is 0 Å². The maximum Gasteiger partial charge on any atom is 0.0226 e. The maximum absolute atomic E-state index is 2.56. The first-order valence-electron chi connectivity index (χ1n) is 3.98. The van der Waals surface area contributed by atoms with Crippen molar-refractivity contribution in [3.8, 4) is 0 Å². The molecule has 0 N–H and O–H groups in total. The minimum atomic E-state index is 0.931. The Hall–Kier alpha value is -0.0400. The Morgan fingerprint density at radius 3 is 1.78 bits per heavy atom. The molecule has 0 aromatic rings. The summed E-state index contributed by atoms with van der Waals surface area (Å²) in [5.41, 5.74) is 0. The molecule has 0 saturated carbocycles. The van der Waals surface area contributed by atoms with Gasteiger partial charge in [0.15, 0.2) is 0 Å². The Morgan fingerprint density at radius 1 is 1.11 bits per heavy atom. The molecule has 2 bridgehead atoms. The van der Waals surface area contributed by atoms with E-state index in [1.54, 1.807) is 0 Å². The molecular formula is C8H14N. The quantitative estimate of drug-likeness (QED) is 0.515. The van der Waals surface area contributed by atoms with E-state index in [1.165, 1.54) is 25.7 Å². The molecule has 0 aliphatic carbocycles. The van der Waals surface area contributed by atoms with Gasteiger partial charge in [-0.15, -0.1) is 0 Å². The zero-order valence-corrected chi connectivity index (χ0v) is 6.01. The Morgan fingerprint density at radius 2 is 1.56 bits per heavy atom. The summed E-state index contributed by atoms with van der Waals surface area (Å²) in [6, 6.07) is 1.86. The van der Waals surface area contributed by atoms with Crippen LogP contribution in [0.1, 0.15) is 32.6 Å². The van der Waals surface area contributed by atoms with E-state index < -0.39 is 0 Å². The molecule has 1 heteroatoms. The molecule has 1 radical (unpaired) electrons. The summed E-state index contributed by atoms with van der Waals surface area (Å²) < 4.78 is 0. The van der Waals surface area contributed by atoms with E-state index in [0.29, 0.717) is 0 Å². The summed E-state index contributed by atoms with van der Waals surface area (Å²) in [6.45, 7) is 4.44. The number of hydrogen-bond acceptors (Lipinski definition) is 1. The lowest BCUT2D eigenvalue weighted by Gasteiger charge is -2.17. The van der Waals surface area contributed by atoms with Gasteiger partial charge in [-0.1, -0.05) is 0 Å². The third-order valence-corrected chi connectivity index (χ3v) is 2.81. The summed E-state index contributed by atoms with van der Waals surface area (Å²) in [7, 11) is 0. The van der Waals surface area contributed by atoms with Crippen molar-refractivity contribution in [2.24, 2.45) is 0 Å². The minimum absolute atomic E-state index is 0.931. The van der Waals surface area contributed by atoms with E-state index in [0.717, 1.165) is 12.1 Å². The van der Waals surface area contributed by atoms with Crippen LogP contribution in [0.4, 0.5) is 0 Å². The lowest BCUT2D eigenvalue weighted by atomic mass is 10.0.